The molecule has 3 aromatic carbocycles. The quantitative estimate of drug-likeness (QED) is 0.0328. The first-order valence-electron chi connectivity index (χ1n) is 25.1. The zero-order chi connectivity index (χ0) is 49.9. The number of aliphatic imine (C=N–C) groups is 1. The number of anilines is 1. The summed E-state index contributed by atoms with van der Waals surface area (Å²) in [5.41, 5.74) is 15.7. The molecule has 0 amide bonds. The van der Waals surface area contributed by atoms with Crippen LogP contribution in [-0.4, -0.2) is 32.0 Å². The standard InChI is InChI=1S/C38H53ClN4.C23H34N2/c1-8-20-38(6,7)21-18-32-12-9-13-35(26-32)33-14-16-34(17-15-33)36(25-29(3)39)43-31(5)27-42-30(4)11-10-22-40-37-24-28(2)19-23-41-37;1-7-24-20(5)9-8-10-21(6)25-23-15-13-22(14-16-23)12-11-19(4)17-18(2)3/h9,12-17,24,26,36,42-43H,3-5,8,10-11,18-23,25,27H2,1-2,6-7H3,(H,40,41);13-16,24-25H,2,4-12,17H2,1,3H3. The summed E-state index contributed by atoms with van der Waals surface area (Å²) >= 11 is 6.28. The zero-order valence-electron chi connectivity index (χ0n) is 43.1. The van der Waals surface area contributed by atoms with Crippen LogP contribution in [0.15, 0.2) is 174 Å². The average molecular weight is 940 g/mol. The molecule has 68 heavy (non-hydrogen) atoms. The van der Waals surface area contributed by atoms with Crippen molar-refractivity contribution in [2.75, 3.05) is 31.5 Å². The van der Waals surface area contributed by atoms with Crippen molar-refractivity contribution < 1.29 is 0 Å². The van der Waals surface area contributed by atoms with Crippen LogP contribution in [0.4, 0.5) is 5.69 Å². The molecule has 0 fully saturated rings. The second-order valence-electron chi connectivity index (χ2n) is 19.6. The smallest absolute Gasteiger partial charge is 0.120 e. The SMILES string of the molecule is C=C(C)CC(=C)CCc1ccc(NC(=C)CCCC(=C)NCC)cc1.C=C(Cl)CC(NC(=C)CNC(=C)CCCNC1=NCCC(C)=C1)c1ccc(-c2cccc(CCC(C)(C)CCC)c2)cc1. The molecular formula is C61H87ClN6. The van der Waals surface area contributed by atoms with Gasteiger partial charge in [0.2, 0.25) is 0 Å². The molecule has 1 aliphatic rings. The normalized spacial score (nSPS) is 12.5. The molecule has 6 nitrogen and oxygen atoms in total. The van der Waals surface area contributed by atoms with E-state index in [1.807, 2.05) is 0 Å². The van der Waals surface area contributed by atoms with Crippen LogP contribution in [0.5, 0.6) is 0 Å². The highest BCUT2D eigenvalue weighted by Crippen LogP contribution is 2.31. The summed E-state index contributed by atoms with van der Waals surface area (Å²) in [6, 6.07) is 26.3. The summed E-state index contributed by atoms with van der Waals surface area (Å²) in [4.78, 5) is 4.53. The van der Waals surface area contributed by atoms with Crippen molar-refractivity contribution in [3.63, 3.8) is 0 Å². The number of allylic oxidation sites excluding steroid dienone is 5. The number of nitrogens with zero attached hydrogens (tertiary/aromatic N) is 1. The molecule has 4 rings (SSSR count). The minimum absolute atomic E-state index is 0.00859. The molecule has 0 aromatic heterocycles. The van der Waals surface area contributed by atoms with Gasteiger partial charge in [-0.05, 0) is 149 Å². The number of aryl methyl sites for hydroxylation is 2. The van der Waals surface area contributed by atoms with E-state index < -0.39 is 0 Å². The van der Waals surface area contributed by atoms with Crippen molar-refractivity contribution in [3.8, 4) is 11.1 Å². The summed E-state index contributed by atoms with van der Waals surface area (Å²) in [6.07, 6.45) is 16.5. The molecule has 0 spiro atoms. The largest absolute Gasteiger partial charge is 0.389 e. The predicted octanol–water partition coefficient (Wildman–Crippen LogP) is 16.0. The summed E-state index contributed by atoms with van der Waals surface area (Å²) in [5.74, 6) is 0.996. The lowest BCUT2D eigenvalue weighted by molar-refractivity contribution is 0.304. The molecule has 0 radical (unpaired) electrons. The van der Waals surface area contributed by atoms with E-state index in [0.717, 1.165) is 124 Å². The van der Waals surface area contributed by atoms with Crippen molar-refractivity contribution >= 4 is 23.1 Å². The maximum Gasteiger partial charge on any atom is 0.120 e. The lowest BCUT2D eigenvalue weighted by Gasteiger charge is -2.24. The molecule has 0 saturated carbocycles. The van der Waals surface area contributed by atoms with Crippen LogP contribution in [0.1, 0.15) is 141 Å². The third-order valence-electron chi connectivity index (χ3n) is 12.1. The van der Waals surface area contributed by atoms with E-state index >= 15 is 0 Å². The van der Waals surface area contributed by atoms with Crippen LogP contribution in [0.3, 0.4) is 0 Å². The average Bonchev–Trinajstić information content (AvgIpc) is 3.29. The molecule has 368 valence electrons. The molecule has 1 aliphatic heterocycles. The minimum Gasteiger partial charge on any atom is -0.389 e. The molecule has 0 aliphatic carbocycles. The number of hydrogen-bond acceptors (Lipinski definition) is 6. The Labute approximate surface area is 419 Å². The van der Waals surface area contributed by atoms with E-state index in [-0.39, 0.29) is 6.04 Å². The first-order chi connectivity index (χ1) is 32.4. The lowest BCUT2D eigenvalue weighted by Crippen LogP contribution is -2.28. The number of amidine groups is 1. The van der Waals surface area contributed by atoms with Gasteiger partial charge < -0.3 is 26.6 Å². The van der Waals surface area contributed by atoms with E-state index in [1.165, 1.54) is 58.2 Å². The van der Waals surface area contributed by atoms with Crippen LogP contribution < -0.4 is 26.6 Å². The number of halogens is 1. The number of benzene rings is 3. The fourth-order valence-corrected chi connectivity index (χ4v) is 8.38. The van der Waals surface area contributed by atoms with Crippen LogP contribution in [0, 0.1) is 5.41 Å². The maximum atomic E-state index is 6.28. The Kier molecular flexibility index (Phi) is 25.8. The molecule has 1 unspecified atom stereocenters. The van der Waals surface area contributed by atoms with Gasteiger partial charge in [-0.15, -0.1) is 0 Å². The highest BCUT2D eigenvalue weighted by atomic mass is 35.5. The summed E-state index contributed by atoms with van der Waals surface area (Å²) in [7, 11) is 0. The Hall–Kier alpha value is -5.46. The fourth-order valence-electron chi connectivity index (χ4n) is 8.23. The molecule has 0 saturated heterocycles. The molecule has 1 atom stereocenters. The maximum absolute atomic E-state index is 6.28. The summed E-state index contributed by atoms with van der Waals surface area (Å²) in [6.45, 7) is 45.2. The van der Waals surface area contributed by atoms with E-state index in [4.69, 9.17) is 11.6 Å². The monoisotopic (exact) mass is 939 g/mol. The molecule has 7 heteroatoms. The number of hydrogen-bond donors (Lipinski definition) is 5. The highest BCUT2D eigenvalue weighted by Gasteiger charge is 2.17. The van der Waals surface area contributed by atoms with E-state index in [0.29, 0.717) is 23.4 Å². The van der Waals surface area contributed by atoms with E-state index in [2.05, 4.69) is 198 Å². The topological polar surface area (TPSA) is 72.5 Å². The Bertz CT molecular complexity index is 2170. The van der Waals surface area contributed by atoms with Gasteiger partial charge in [0.25, 0.3) is 0 Å². The Morgan fingerprint density at radius 1 is 0.750 bits per heavy atom. The molecule has 1 heterocycles. The second-order valence-corrected chi connectivity index (χ2v) is 20.1. The summed E-state index contributed by atoms with van der Waals surface area (Å²) < 4.78 is 0. The highest BCUT2D eigenvalue weighted by molar-refractivity contribution is 6.29. The first kappa shape index (κ1) is 56.9. The molecule has 3 aromatic rings. The van der Waals surface area contributed by atoms with Crippen LogP contribution in [0.2, 0.25) is 0 Å². The van der Waals surface area contributed by atoms with Gasteiger partial charge in [-0.2, -0.15) is 0 Å². The first-order valence-corrected chi connectivity index (χ1v) is 25.4. The van der Waals surface area contributed by atoms with Crippen molar-refractivity contribution in [3.05, 3.63) is 186 Å². The third-order valence-corrected chi connectivity index (χ3v) is 12.2. The number of dihydropyridines is 1. The molecular weight excluding hydrogens is 852 g/mol. The minimum atomic E-state index is -0.00859. The van der Waals surface area contributed by atoms with Crippen molar-refractivity contribution in [1.29, 1.82) is 0 Å². The Morgan fingerprint density at radius 3 is 2.10 bits per heavy atom. The lowest BCUT2D eigenvalue weighted by atomic mass is 9.82. The van der Waals surface area contributed by atoms with Crippen molar-refractivity contribution in [1.82, 2.24) is 21.3 Å². The van der Waals surface area contributed by atoms with Gasteiger partial charge in [-0.25, -0.2) is 0 Å². The Morgan fingerprint density at radius 2 is 1.44 bits per heavy atom. The van der Waals surface area contributed by atoms with Gasteiger partial charge in [-0.3, -0.25) is 4.99 Å². The molecule has 5 N–H and O–H groups in total. The number of nitrogens with one attached hydrogen (secondary N) is 5. The van der Waals surface area contributed by atoms with Crippen LogP contribution in [-0.2, 0) is 12.8 Å². The van der Waals surface area contributed by atoms with Crippen LogP contribution >= 0.6 is 11.6 Å². The second kappa shape index (κ2) is 30.8. The fraction of sp³-hybridized carbons (Fsp3) is 0.426. The zero-order valence-corrected chi connectivity index (χ0v) is 43.8. The van der Waals surface area contributed by atoms with E-state index in [9.17, 15) is 0 Å². The van der Waals surface area contributed by atoms with Gasteiger partial charge in [0, 0.05) is 59.6 Å². The van der Waals surface area contributed by atoms with Crippen molar-refractivity contribution in [2.24, 2.45) is 10.4 Å². The predicted molar refractivity (Wildman–Crippen MR) is 301 cm³/mol. The van der Waals surface area contributed by atoms with Gasteiger partial charge in [0.05, 0.1) is 12.6 Å². The number of rotatable bonds is 31. The van der Waals surface area contributed by atoms with Gasteiger partial charge in [-0.1, -0.05) is 162 Å². The van der Waals surface area contributed by atoms with Crippen LogP contribution in [0.25, 0.3) is 11.1 Å². The van der Waals surface area contributed by atoms with E-state index in [1.54, 1.807) is 0 Å². The van der Waals surface area contributed by atoms with Gasteiger partial charge in [0.15, 0.2) is 0 Å². The van der Waals surface area contributed by atoms with Gasteiger partial charge in [0.1, 0.15) is 5.84 Å². The van der Waals surface area contributed by atoms with Crippen molar-refractivity contribution in [2.45, 2.75) is 137 Å². The third kappa shape index (κ3) is 24.0. The van der Waals surface area contributed by atoms with Gasteiger partial charge >= 0.3 is 0 Å². The molecule has 0 bridgehead atoms. The Balaban J connectivity index is 0.000000417. The summed E-state index contributed by atoms with van der Waals surface area (Å²) in [5, 5.41) is 17.7.